The third kappa shape index (κ3) is 4.24. The van der Waals surface area contributed by atoms with E-state index in [9.17, 15) is 0 Å². The van der Waals surface area contributed by atoms with E-state index in [-0.39, 0.29) is 6.04 Å². The highest BCUT2D eigenvalue weighted by Crippen LogP contribution is 2.30. The Labute approximate surface area is 149 Å². The molecule has 0 saturated carbocycles. The molecular formula is C20H26N2O3. The van der Waals surface area contributed by atoms with Crippen molar-refractivity contribution in [1.29, 1.82) is 0 Å². The van der Waals surface area contributed by atoms with Crippen LogP contribution in [0.1, 0.15) is 11.6 Å². The summed E-state index contributed by atoms with van der Waals surface area (Å²) in [5.74, 6) is 2.49. The van der Waals surface area contributed by atoms with Crippen molar-refractivity contribution >= 4 is 0 Å². The van der Waals surface area contributed by atoms with Gasteiger partial charge in [0.2, 0.25) is 0 Å². The van der Waals surface area contributed by atoms with Crippen molar-refractivity contribution < 1.29 is 14.2 Å². The van der Waals surface area contributed by atoms with Crippen LogP contribution in [-0.2, 0) is 0 Å². The summed E-state index contributed by atoms with van der Waals surface area (Å²) in [6.45, 7) is 4.35. The van der Waals surface area contributed by atoms with Gasteiger partial charge < -0.3 is 19.5 Å². The van der Waals surface area contributed by atoms with Gasteiger partial charge >= 0.3 is 0 Å². The number of nitrogens with one attached hydrogen (secondary N) is 1. The molecule has 1 atom stereocenters. The Bertz CT molecular complexity index is 677. The lowest BCUT2D eigenvalue weighted by Gasteiger charge is -2.37. The zero-order valence-electron chi connectivity index (χ0n) is 14.9. The normalized spacial score (nSPS) is 17.9. The molecule has 1 N–H and O–H groups in total. The van der Waals surface area contributed by atoms with Crippen LogP contribution in [-0.4, -0.2) is 51.9 Å². The average Bonchev–Trinajstić information content (AvgIpc) is 2.68. The Morgan fingerprint density at radius 1 is 0.960 bits per heavy atom. The molecule has 5 nitrogen and oxygen atoms in total. The van der Waals surface area contributed by atoms with Gasteiger partial charge in [0.15, 0.2) is 11.5 Å². The Hall–Kier alpha value is -2.24. The molecule has 1 saturated heterocycles. The smallest absolute Gasteiger partial charge is 0.161 e. The topological polar surface area (TPSA) is 43.0 Å². The summed E-state index contributed by atoms with van der Waals surface area (Å²) >= 11 is 0. The van der Waals surface area contributed by atoms with Crippen molar-refractivity contribution in [2.24, 2.45) is 0 Å². The van der Waals surface area contributed by atoms with Crippen LogP contribution in [0.5, 0.6) is 17.2 Å². The highest BCUT2D eigenvalue weighted by molar-refractivity contribution is 5.39. The third-order valence-corrected chi connectivity index (χ3v) is 4.56. The van der Waals surface area contributed by atoms with E-state index in [0.717, 1.165) is 43.4 Å². The maximum atomic E-state index is 5.95. The van der Waals surface area contributed by atoms with E-state index in [1.807, 2.05) is 36.4 Å². The number of hydrogen-bond acceptors (Lipinski definition) is 5. The molecule has 0 radical (unpaired) electrons. The van der Waals surface area contributed by atoms with E-state index in [0.29, 0.717) is 6.61 Å². The van der Waals surface area contributed by atoms with Crippen LogP contribution in [0.3, 0.4) is 0 Å². The zero-order valence-corrected chi connectivity index (χ0v) is 14.9. The number of piperazine rings is 1. The molecule has 5 heteroatoms. The molecule has 3 rings (SSSR count). The quantitative estimate of drug-likeness (QED) is 0.838. The summed E-state index contributed by atoms with van der Waals surface area (Å²) in [5, 5.41) is 3.48. The fourth-order valence-corrected chi connectivity index (χ4v) is 3.27. The Morgan fingerprint density at radius 3 is 2.40 bits per heavy atom. The molecule has 25 heavy (non-hydrogen) atoms. The van der Waals surface area contributed by atoms with E-state index < -0.39 is 0 Å². The summed E-state index contributed by atoms with van der Waals surface area (Å²) in [6.07, 6.45) is 0. The molecule has 0 aliphatic carbocycles. The first-order chi connectivity index (χ1) is 12.3. The first-order valence-electron chi connectivity index (χ1n) is 8.67. The second-order valence-electron chi connectivity index (χ2n) is 6.00. The Morgan fingerprint density at radius 2 is 1.64 bits per heavy atom. The minimum absolute atomic E-state index is 0.283. The van der Waals surface area contributed by atoms with Crippen molar-refractivity contribution in [3.63, 3.8) is 0 Å². The number of hydrogen-bond donors (Lipinski definition) is 1. The molecule has 0 spiro atoms. The molecule has 2 aromatic carbocycles. The summed E-state index contributed by atoms with van der Waals surface area (Å²) in [7, 11) is 3.39. The lowest BCUT2D eigenvalue weighted by molar-refractivity contribution is 0.131. The molecule has 0 amide bonds. The number of ether oxygens (including phenoxy) is 3. The first kappa shape index (κ1) is 17.6. The van der Waals surface area contributed by atoms with Crippen molar-refractivity contribution in [3.05, 3.63) is 54.1 Å². The Kier molecular flexibility index (Phi) is 6.14. The summed E-state index contributed by atoms with van der Waals surface area (Å²) in [5.41, 5.74) is 1.22. The highest BCUT2D eigenvalue weighted by Gasteiger charge is 2.25. The summed E-state index contributed by atoms with van der Waals surface area (Å²) in [6, 6.07) is 16.3. The van der Waals surface area contributed by atoms with Gasteiger partial charge in [0.1, 0.15) is 12.4 Å². The lowest BCUT2D eigenvalue weighted by Crippen LogP contribution is -2.47. The number of benzene rings is 2. The van der Waals surface area contributed by atoms with Crippen LogP contribution < -0.4 is 19.5 Å². The number of nitrogens with zero attached hydrogens (tertiary/aromatic N) is 1. The largest absolute Gasteiger partial charge is 0.496 e. The van der Waals surface area contributed by atoms with E-state index >= 15 is 0 Å². The van der Waals surface area contributed by atoms with Crippen LogP contribution in [0.25, 0.3) is 0 Å². The van der Waals surface area contributed by atoms with E-state index in [1.165, 1.54) is 5.56 Å². The summed E-state index contributed by atoms with van der Waals surface area (Å²) in [4.78, 5) is 2.45. The zero-order chi connectivity index (χ0) is 17.5. The molecule has 2 aromatic rings. The number of methoxy groups -OCH3 is 2. The highest BCUT2D eigenvalue weighted by atomic mass is 16.5. The molecule has 1 heterocycles. The van der Waals surface area contributed by atoms with E-state index in [4.69, 9.17) is 14.2 Å². The van der Waals surface area contributed by atoms with Gasteiger partial charge in [0.05, 0.1) is 20.3 Å². The lowest BCUT2D eigenvalue weighted by atomic mass is 10.0. The first-order valence-corrected chi connectivity index (χ1v) is 8.67. The van der Waals surface area contributed by atoms with Crippen molar-refractivity contribution in [2.75, 3.05) is 47.0 Å². The van der Waals surface area contributed by atoms with Gasteiger partial charge in [-0.1, -0.05) is 30.3 Å². The molecule has 0 aromatic heterocycles. The van der Waals surface area contributed by atoms with Crippen molar-refractivity contribution in [2.45, 2.75) is 6.04 Å². The van der Waals surface area contributed by atoms with E-state index in [2.05, 4.69) is 22.3 Å². The molecule has 134 valence electrons. The van der Waals surface area contributed by atoms with Gasteiger partial charge in [-0.3, -0.25) is 4.90 Å². The molecule has 1 fully saturated rings. The molecule has 1 aliphatic rings. The van der Waals surface area contributed by atoms with Gasteiger partial charge in [-0.05, 0) is 18.2 Å². The number of para-hydroxylation sites is 3. The van der Waals surface area contributed by atoms with Gasteiger partial charge in [-0.25, -0.2) is 0 Å². The fraction of sp³-hybridized carbons (Fsp3) is 0.400. The SMILES string of the molecule is COc1ccccc1OCCN1CCNCC1c1ccccc1OC. The van der Waals surface area contributed by atoms with Crippen molar-refractivity contribution in [1.82, 2.24) is 10.2 Å². The van der Waals surface area contributed by atoms with Gasteiger partial charge in [0, 0.05) is 31.7 Å². The fourth-order valence-electron chi connectivity index (χ4n) is 3.27. The van der Waals surface area contributed by atoms with Gasteiger partial charge in [0.25, 0.3) is 0 Å². The minimum atomic E-state index is 0.283. The maximum absolute atomic E-state index is 5.95. The molecule has 0 bridgehead atoms. The van der Waals surface area contributed by atoms with Gasteiger partial charge in [-0.15, -0.1) is 0 Å². The van der Waals surface area contributed by atoms with Crippen LogP contribution in [0, 0.1) is 0 Å². The maximum Gasteiger partial charge on any atom is 0.161 e. The van der Waals surface area contributed by atoms with Crippen LogP contribution in [0.2, 0.25) is 0 Å². The van der Waals surface area contributed by atoms with Gasteiger partial charge in [-0.2, -0.15) is 0 Å². The average molecular weight is 342 g/mol. The summed E-state index contributed by atoms with van der Waals surface area (Å²) < 4.78 is 16.8. The van der Waals surface area contributed by atoms with Crippen LogP contribution >= 0.6 is 0 Å². The van der Waals surface area contributed by atoms with Crippen LogP contribution in [0.15, 0.2) is 48.5 Å². The second kappa shape index (κ2) is 8.74. The monoisotopic (exact) mass is 342 g/mol. The molecule has 1 aliphatic heterocycles. The van der Waals surface area contributed by atoms with Crippen molar-refractivity contribution in [3.8, 4) is 17.2 Å². The molecule has 1 unspecified atom stereocenters. The predicted octanol–water partition coefficient (Wildman–Crippen LogP) is 2.73. The second-order valence-corrected chi connectivity index (χ2v) is 6.00. The Balaban J connectivity index is 1.65. The van der Waals surface area contributed by atoms with E-state index in [1.54, 1.807) is 14.2 Å². The minimum Gasteiger partial charge on any atom is -0.496 e. The number of rotatable bonds is 7. The van der Waals surface area contributed by atoms with Crippen LogP contribution in [0.4, 0.5) is 0 Å². The standard InChI is InChI=1S/C20H26N2O3/c1-23-18-8-4-3-7-16(18)17-15-21-11-12-22(17)13-14-25-20-10-6-5-9-19(20)24-2/h3-10,17,21H,11-15H2,1-2H3. The third-order valence-electron chi connectivity index (χ3n) is 4.56. The molecular weight excluding hydrogens is 316 g/mol. The predicted molar refractivity (Wildman–Crippen MR) is 98.7 cm³/mol.